The number of Topliss-reactive ketones (excluding diaryl/α,β-unsaturated/α-hetero) is 1. The van der Waals surface area contributed by atoms with Gasteiger partial charge in [-0.25, -0.2) is 22.2 Å². The number of ketones is 1. The highest BCUT2D eigenvalue weighted by Gasteiger charge is 2.61. The first-order valence-electron chi connectivity index (χ1n) is 19.2. The number of sulfonamides is 1. The number of pyridine rings is 1. The minimum Gasteiger partial charge on any atom is -0.497 e. The number of carbonyl (C=O) groups is 4. The van der Waals surface area contributed by atoms with E-state index in [1.165, 1.54) is 11.0 Å². The molecular weight excluding hydrogens is 759 g/mol. The number of nitrogens with one attached hydrogen (secondary N) is 1. The van der Waals surface area contributed by atoms with Gasteiger partial charge in [-0.3, -0.25) is 23.9 Å². The molecule has 0 radical (unpaired) electrons. The van der Waals surface area contributed by atoms with Crippen molar-refractivity contribution in [1.82, 2.24) is 19.5 Å². The normalized spacial score (nSPS) is 24.6. The van der Waals surface area contributed by atoms with Crippen LogP contribution in [0.4, 0.5) is 8.78 Å². The van der Waals surface area contributed by atoms with Crippen LogP contribution in [0.5, 0.6) is 11.5 Å². The number of likely N-dealkylation sites (tertiary alicyclic amines) is 2. The Morgan fingerprint density at radius 1 is 1.07 bits per heavy atom. The standard InChI is InChI=1S/C42H48F2N4O8S/c1-6-26-20-41(26,39(52)46-57(53,54)29-13-14-29)21-35(49)34-17-28(22-48(34)38(51)31(40(2,3)4)18-37(50)47-23-42(43,44)24-47)56-36-19-32(25-10-8-7-9-11-25)45-33-16-27(55-5)12-15-30(33)36/h6-12,15-16,19,26,28-29,31,34H,1,13-14,17-18,20-24H2,2-5H3,(H,46,52)/t26-,28-,31-,34+,41-/m1/s1. The number of carbonyl (C=O) groups excluding carboxylic acids is 4. The van der Waals surface area contributed by atoms with Crippen molar-refractivity contribution in [2.24, 2.45) is 22.7 Å². The van der Waals surface area contributed by atoms with Crippen LogP contribution in [0.1, 0.15) is 59.3 Å². The van der Waals surface area contributed by atoms with Crippen LogP contribution in [0.3, 0.4) is 0 Å². The Kier molecular flexibility index (Phi) is 10.4. The molecule has 0 spiro atoms. The van der Waals surface area contributed by atoms with Crippen LogP contribution >= 0.6 is 0 Å². The molecule has 2 aliphatic heterocycles. The lowest BCUT2D eigenvalue weighted by Gasteiger charge is -2.41. The maximum atomic E-state index is 14.7. The number of methoxy groups -OCH3 is 1. The number of alkyl halides is 2. The Morgan fingerprint density at radius 2 is 1.77 bits per heavy atom. The van der Waals surface area contributed by atoms with E-state index in [1.54, 1.807) is 46.1 Å². The highest BCUT2D eigenvalue weighted by molar-refractivity contribution is 7.90. The van der Waals surface area contributed by atoms with Crippen molar-refractivity contribution in [1.29, 1.82) is 0 Å². The van der Waals surface area contributed by atoms with E-state index in [0.717, 1.165) is 10.5 Å². The number of allylic oxidation sites excluding steroid dienone is 1. The van der Waals surface area contributed by atoms with Crippen LogP contribution < -0.4 is 14.2 Å². The molecule has 2 aliphatic carbocycles. The fourth-order valence-corrected chi connectivity index (χ4v) is 9.42. The van der Waals surface area contributed by atoms with Gasteiger partial charge >= 0.3 is 0 Å². The van der Waals surface area contributed by atoms with Crippen molar-refractivity contribution in [3.8, 4) is 22.8 Å². The van der Waals surface area contributed by atoms with Gasteiger partial charge in [0.1, 0.15) is 17.6 Å². The summed E-state index contributed by atoms with van der Waals surface area (Å²) in [6.07, 6.45) is 1.25. The van der Waals surface area contributed by atoms with Crippen LogP contribution in [0.25, 0.3) is 22.2 Å². The van der Waals surface area contributed by atoms with E-state index in [1.807, 2.05) is 36.4 Å². The number of halogens is 2. The number of rotatable bonds is 14. The monoisotopic (exact) mass is 806 g/mol. The second-order valence-corrected chi connectivity index (χ2v) is 18.9. The highest BCUT2D eigenvalue weighted by atomic mass is 32.2. The predicted molar refractivity (Wildman–Crippen MR) is 208 cm³/mol. The van der Waals surface area contributed by atoms with Crippen molar-refractivity contribution in [3.05, 3.63) is 67.3 Å². The molecule has 1 aromatic heterocycles. The van der Waals surface area contributed by atoms with Crippen LogP contribution in [0.2, 0.25) is 0 Å². The summed E-state index contributed by atoms with van der Waals surface area (Å²) in [5.74, 6) is -5.74. The summed E-state index contributed by atoms with van der Waals surface area (Å²) in [5, 5.41) is 0.00947. The minimum absolute atomic E-state index is 0.0329. The smallest absolute Gasteiger partial charge is 0.282 e. The lowest BCUT2D eigenvalue weighted by atomic mass is 9.77. The number of ether oxygens (including phenoxy) is 2. The molecule has 0 unspecified atom stereocenters. The van der Waals surface area contributed by atoms with Gasteiger partial charge < -0.3 is 19.3 Å². The Labute approximate surface area is 331 Å². The summed E-state index contributed by atoms with van der Waals surface area (Å²) in [5.41, 5.74) is -0.145. The Morgan fingerprint density at radius 3 is 2.37 bits per heavy atom. The molecule has 5 atom stereocenters. The zero-order chi connectivity index (χ0) is 41.1. The van der Waals surface area contributed by atoms with Gasteiger partial charge in [0, 0.05) is 42.3 Å². The van der Waals surface area contributed by atoms with E-state index < -0.39 is 92.6 Å². The molecule has 304 valence electrons. The van der Waals surface area contributed by atoms with Gasteiger partial charge in [0.05, 0.1) is 60.6 Å². The maximum Gasteiger partial charge on any atom is 0.282 e. The largest absolute Gasteiger partial charge is 0.497 e. The van der Waals surface area contributed by atoms with Crippen molar-refractivity contribution in [2.45, 2.75) is 82.6 Å². The molecule has 57 heavy (non-hydrogen) atoms. The summed E-state index contributed by atoms with van der Waals surface area (Å²) >= 11 is 0. The molecule has 4 fully saturated rings. The number of benzene rings is 2. The van der Waals surface area contributed by atoms with E-state index >= 15 is 0 Å². The third-order valence-corrected chi connectivity index (χ3v) is 13.6. The van der Waals surface area contributed by atoms with Crippen molar-refractivity contribution in [2.75, 3.05) is 26.7 Å². The topological polar surface area (TPSA) is 152 Å². The molecule has 3 amide bonds. The molecule has 7 rings (SSSR count). The fraction of sp³-hybridized carbons (Fsp3) is 0.500. The first-order chi connectivity index (χ1) is 26.8. The molecule has 12 nitrogen and oxygen atoms in total. The lowest BCUT2D eigenvalue weighted by Crippen LogP contribution is -2.59. The predicted octanol–water partition coefficient (Wildman–Crippen LogP) is 5.55. The van der Waals surface area contributed by atoms with Gasteiger partial charge in [-0.05, 0) is 42.7 Å². The van der Waals surface area contributed by atoms with Crippen molar-refractivity contribution < 1.29 is 45.9 Å². The summed E-state index contributed by atoms with van der Waals surface area (Å²) in [6.45, 7) is 7.62. The van der Waals surface area contributed by atoms with Gasteiger partial charge in [-0.1, -0.05) is 57.2 Å². The molecule has 4 aliphatic rings. The van der Waals surface area contributed by atoms with E-state index in [9.17, 15) is 36.4 Å². The van der Waals surface area contributed by atoms with Crippen molar-refractivity contribution in [3.63, 3.8) is 0 Å². The van der Waals surface area contributed by atoms with Gasteiger partial charge in [0.2, 0.25) is 27.7 Å². The molecule has 0 bridgehead atoms. The number of amides is 3. The molecule has 1 N–H and O–H groups in total. The van der Waals surface area contributed by atoms with Crippen LogP contribution in [-0.4, -0.2) is 96.8 Å². The number of nitrogens with zero attached hydrogens (tertiary/aromatic N) is 3. The van der Waals surface area contributed by atoms with Gasteiger partial charge in [0.25, 0.3) is 5.92 Å². The quantitative estimate of drug-likeness (QED) is 0.207. The number of aromatic nitrogens is 1. The molecule has 2 saturated heterocycles. The average Bonchev–Trinajstić information content (AvgIpc) is 4.08. The van der Waals surface area contributed by atoms with Gasteiger partial charge in [-0.15, -0.1) is 6.58 Å². The Hall–Kier alpha value is -4.92. The first-order valence-corrected chi connectivity index (χ1v) is 20.8. The number of fused-ring (bicyclic) bond motifs is 1. The molecule has 2 saturated carbocycles. The first kappa shape index (κ1) is 40.3. The van der Waals surface area contributed by atoms with Gasteiger partial charge in [0.15, 0.2) is 5.78 Å². The Bertz CT molecular complexity index is 2220. The summed E-state index contributed by atoms with van der Waals surface area (Å²) in [4.78, 5) is 63.4. The molecule has 3 aromatic rings. The van der Waals surface area contributed by atoms with Crippen molar-refractivity contribution >= 4 is 44.4 Å². The third kappa shape index (κ3) is 8.26. The van der Waals surface area contributed by atoms with E-state index in [0.29, 0.717) is 40.9 Å². The number of hydrogen-bond acceptors (Lipinski definition) is 9. The SMILES string of the molecule is C=C[C@@H]1C[C@]1(CC(=O)[C@@H]1C[C@@H](Oc2cc(-c3ccccc3)nc3cc(OC)ccc23)CN1C(=O)[C@@H](CC(=O)N1CC(F)(F)C1)C(C)(C)C)C(=O)NS(=O)(=O)C1CC1. The molecule has 2 aromatic carbocycles. The maximum absolute atomic E-state index is 14.7. The highest BCUT2D eigenvalue weighted by Crippen LogP contribution is 2.57. The number of hydrogen-bond donors (Lipinski definition) is 1. The average molecular weight is 807 g/mol. The van der Waals surface area contributed by atoms with E-state index in [-0.39, 0.29) is 32.2 Å². The van der Waals surface area contributed by atoms with E-state index in [4.69, 9.17) is 14.5 Å². The van der Waals surface area contributed by atoms with Crippen LogP contribution in [0.15, 0.2) is 67.3 Å². The summed E-state index contributed by atoms with van der Waals surface area (Å²) in [6, 6.07) is 15.5. The van der Waals surface area contributed by atoms with Crippen LogP contribution in [-0.2, 0) is 29.2 Å². The fourth-order valence-electron chi connectivity index (χ4n) is 8.03. The molecular formula is C42H48F2N4O8S. The van der Waals surface area contributed by atoms with E-state index in [2.05, 4.69) is 11.3 Å². The summed E-state index contributed by atoms with van der Waals surface area (Å²) < 4.78 is 67.4. The molecule has 3 heterocycles. The Balaban J connectivity index is 1.21. The second kappa shape index (κ2) is 14.8. The zero-order valence-corrected chi connectivity index (χ0v) is 33.3. The minimum atomic E-state index is -3.91. The molecule has 15 heteroatoms. The van der Waals surface area contributed by atoms with Gasteiger partial charge in [-0.2, -0.15) is 0 Å². The third-order valence-electron chi connectivity index (χ3n) is 11.7. The second-order valence-electron chi connectivity index (χ2n) is 17.0. The lowest BCUT2D eigenvalue weighted by molar-refractivity contribution is -0.169. The van der Waals surface area contributed by atoms with Crippen LogP contribution in [0, 0.1) is 22.7 Å². The summed E-state index contributed by atoms with van der Waals surface area (Å²) in [7, 11) is -2.35. The zero-order valence-electron chi connectivity index (χ0n) is 32.5.